The molecule has 1 aliphatic rings. The number of nitrogens with one attached hydrogen (secondary N) is 1. The van der Waals surface area contributed by atoms with Gasteiger partial charge in [0.25, 0.3) is 0 Å². The van der Waals surface area contributed by atoms with Gasteiger partial charge in [0.2, 0.25) is 0 Å². The van der Waals surface area contributed by atoms with Crippen molar-refractivity contribution < 1.29 is 5.11 Å². The second kappa shape index (κ2) is 7.24. The smallest absolute Gasteiger partial charge is 0.0445 e. The number of hydrogen-bond donors (Lipinski definition) is 2. The Balaban J connectivity index is 2.30. The summed E-state index contributed by atoms with van der Waals surface area (Å²) < 4.78 is 0. The molecule has 0 spiro atoms. The molecule has 15 heavy (non-hydrogen) atoms. The maximum atomic E-state index is 9.05. The van der Waals surface area contributed by atoms with Crippen LogP contribution in [0.3, 0.4) is 0 Å². The molecular weight excluding hydrogens is 186 g/mol. The molecule has 1 fully saturated rings. The van der Waals surface area contributed by atoms with Crippen LogP contribution in [0.1, 0.15) is 58.8 Å². The van der Waals surface area contributed by atoms with Crippen molar-refractivity contribution in [3.8, 4) is 0 Å². The van der Waals surface area contributed by atoms with E-state index in [2.05, 4.69) is 19.2 Å². The van der Waals surface area contributed by atoms with Gasteiger partial charge in [-0.05, 0) is 38.0 Å². The average Bonchev–Trinajstić information content (AvgIpc) is 3.01. The predicted molar refractivity (Wildman–Crippen MR) is 65.0 cm³/mol. The molecule has 0 aromatic rings. The maximum absolute atomic E-state index is 9.05. The first-order valence-corrected chi connectivity index (χ1v) is 6.68. The summed E-state index contributed by atoms with van der Waals surface area (Å²) in [5, 5.41) is 12.8. The summed E-state index contributed by atoms with van der Waals surface area (Å²) >= 11 is 0. The lowest BCUT2D eigenvalue weighted by Crippen LogP contribution is -2.40. The maximum Gasteiger partial charge on any atom is 0.0445 e. The van der Waals surface area contributed by atoms with Gasteiger partial charge in [0, 0.05) is 18.7 Å². The molecule has 0 aromatic heterocycles. The van der Waals surface area contributed by atoms with Crippen LogP contribution >= 0.6 is 0 Å². The Morgan fingerprint density at radius 1 is 1.13 bits per heavy atom. The summed E-state index contributed by atoms with van der Waals surface area (Å²) in [6.45, 7) is 4.84. The molecule has 0 heterocycles. The van der Waals surface area contributed by atoms with Gasteiger partial charge in [-0.25, -0.2) is 0 Å². The molecular formula is C13H27NO. The van der Waals surface area contributed by atoms with E-state index >= 15 is 0 Å². The highest BCUT2D eigenvalue weighted by molar-refractivity contribution is 4.88. The second-order valence-electron chi connectivity index (χ2n) is 4.90. The van der Waals surface area contributed by atoms with E-state index in [1.54, 1.807) is 0 Å². The van der Waals surface area contributed by atoms with Crippen LogP contribution in [0.15, 0.2) is 0 Å². The second-order valence-corrected chi connectivity index (χ2v) is 4.90. The number of aliphatic hydroxyl groups excluding tert-OH is 1. The van der Waals surface area contributed by atoms with Gasteiger partial charge >= 0.3 is 0 Å². The van der Waals surface area contributed by atoms with Gasteiger partial charge in [0.15, 0.2) is 0 Å². The van der Waals surface area contributed by atoms with Gasteiger partial charge in [0.1, 0.15) is 0 Å². The predicted octanol–water partition coefficient (Wildman–Crippen LogP) is 2.71. The van der Waals surface area contributed by atoms with Gasteiger partial charge in [-0.1, -0.05) is 26.7 Å². The molecule has 1 rings (SSSR count). The summed E-state index contributed by atoms with van der Waals surface area (Å²) in [5.74, 6) is 0.855. The highest BCUT2D eigenvalue weighted by atomic mass is 16.3. The Morgan fingerprint density at radius 2 is 1.73 bits per heavy atom. The molecule has 0 bridgehead atoms. The Kier molecular flexibility index (Phi) is 6.26. The van der Waals surface area contributed by atoms with Gasteiger partial charge in [-0.3, -0.25) is 0 Å². The van der Waals surface area contributed by atoms with Crippen molar-refractivity contribution in [1.82, 2.24) is 5.32 Å². The molecule has 0 aromatic carbocycles. The molecule has 1 atom stereocenters. The van der Waals surface area contributed by atoms with Crippen LogP contribution in [0.25, 0.3) is 0 Å². The van der Waals surface area contributed by atoms with E-state index in [0.717, 1.165) is 12.3 Å². The van der Waals surface area contributed by atoms with Crippen LogP contribution in [-0.2, 0) is 0 Å². The van der Waals surface area contributed by atoms with Crippen molar-refractivity contribution in [2.24, 2.45) is 5.92 Å². The van der Waals surface area contributed by atoms with Crippen LogP contribution in [-0.4, -0.2) is 23.8 Å². The quantitative estimate of drug-likeness (QED) is 0.617. The standard InChI is InChI=1S/C13H27NO/c1-3-5-12(6-4-2)14-13(9-10-15)11-7-8-11/h11-15H,3-10H2,1-2H3. The van der Waals surface area contributed by atoms with E-state index in [4.69, 9.17) is 5.11 Å². The van der Waals surface area contributed by atoms with Crippen LogP contribution in [0.2, 0.25) is 0 Å². The molecule has 2 heteroatoms. The Labute approximate surface area is 94.5 Å². The summed E-state index contributed by atoms with van der Waals surface area (Å²) in [6, 6.07) is 1.26. The van der Waals surface area contributed by atoms with E-state index < -0.39 is 0 Å². The lowest BCUT2D eigenvalue weighted by molar-refractivity contribution is 0.243. The summed E-state index contributed by atoms with van der Waals surface area (Å²) in [6.07, 6.45) is 8.74. The molecule has 0 amide bonds. The first kappa shape index (κ1) is 13.0. The Hall–Kier alpha value is -0.0800. The van der Waals surface area contributed by atoms with Gasteiger partial charge in [-0.15, -0.1) is 0 Å². The number of aliphatic hydroxyl groups is 1. The monoisotopic (exact) mass is 213 g/mol. The normalized spacial score (nSPS) is 18.4. The van der Waals surface area contributed by atoms with Crippen LogP contribution in [0, 0.1) is 5.92 Å². The lowest BCUT2D eigenvalue weighted by Gasteiger charge is -2.25. The highest BCUT2D eigenvalue weighted by Gasteiger charge is 2.31. The minimum atomic E-state index is 0.332. The van der Waals surface area contributed by atoms with Crippen molar-refractivity contribution in [2.45, 2.75) is 70.9 Å². The Bertz CT molecular complexity index is 151. The zero-order valence-corrected chi connectivity index (χ0v) is 10.3. The minimum absolute atomic E-state index is 0.332. The molecule has 90 valence electrons. The summed E-state index contributed by atoms with van der Waals surface area (Å²) in [4.78, 5) is 0. The number of rotatable bonds is 9. The van der Waals surface area contributed by atoms with Crippen molar-refractivity contribution in [3.63, 3.8) is 0 Å². The zero-order chi connectivity index (χ0) is 11.1. The fraction of sp³-hybridized carbons (Fsp3) is 1.00. The van der Waals surface area contributed by atoms with Crippen LogP contribution in [0.5, 0.6) is 0 Å². The fourth-order valence-corrected chi connectivity index (χ4v) is 2.40. The third-order valence-corrected chi connectivity index (χ3v) is 3.36. The van der Waals surface area contributed by atoms with Gasteiger partial charge in [0.05, 0.1) is 0 Å². The van der Waals surface area contributed by atoms with Crippen molar-refractivity contribution in [1.29, 1.82) is 0 Å². The van der Waals surface area contributed by atoms with E-state index in [9.17, 15) is 0 Å². The minimum Gasteiger partial charge on any atom is -0.396 e. The van der Waals surface area contributed by atoms with E-state index in [0.29, 0.717) is 18.7 Å². The molecule has 0 saturated heterocycles. The zero-order valence-electron chi connectivity index (χ0n) is 10.3. The summed E-state index contributed by atoms with van der Waals surface area (Å²) in [7, 11) is 0. The Morgan fingerprint density at radius 3 is 2.13 bits per heavy atom. The van der Waals surface area contributed by atoms with Crippen LogP contribution < -0.4 is 5.32 Å². The molecule has 0 aliphatic heterocycles. The SMILES string of the molecule is CCCC(CCC)NC(CCO)C1CC1. The van der Waals surface area contributed by atoms with E-state index in [-0.39, 0.29) is 0 Å². The molecule has 1 saturated carbocycles. The molecule has 2 N–H and O–H groups in total. The topological polar surface area (TPSA) is 32.3 Å². The third kappa shape index (κ3) is 4.98. The highest BCUT2D eigenvalue weighted by Crippen LogP contribution is 2.34. The molecule has 2 nitrogen and oxygen atoms in total. The third-order valence-electron chi connectivity index (χ3n) is 3.36. The molecule has 1 unspecified atom stereocenters. The van der Waals surface area contributed by atoms with Crippen molar-refractivity contribution >= 4 is 0 Å². The fourth-order valence-electron chi connectivity index (χ4n) is 2.40. The number of hydrogen-bond acceptors (Lipinski definition) is 2. The molecule has 1 aliphatic carbocycles. The van der Waals surface area contributed by atoms with Gasteiger partial charge in [-0.2, -0.15) is 0 Å². The van der Waals surface area contributed by atoms with Crippen molar-refractivity contribution in [3.05, 3.63) is 0 Å². The first-order chi connectivity index (χ1) is 7.31. The van der Waals surface area contributed by atoms with E-state index in [1.807, 2.05) is 0 Å². The van der Waals surface area contributed by atoms with E-state index in [1.165, 1.54) is 38.5 Å². The molecule has 0 radical (unpaired) electrons. The van der Waals surface area contributed by atoms with Crippen LogP contribution in [0.4, 0.5) is 0 Å². The average molecular weight is 213 g/mol. The van der Waals surface area contributed by atoms with Gasteiger partial charge < -0.3 is 10.4 Å². The largest absolute Gasteiger partial charge is 0.396 e. The van der Waals surface area contributed by atoms with Crippen molar-refractivity contribution in [2.75, 3.05) is 6.61 Å². The lowest BCUT2D eigenvalue weighted by atomic mass is 10.0. The first-order valence-electron chi connectivity index (χ1n) is 6.68. The summed E-state index contributed by atoms with van der Waals surface area (Å²) in [5.41, 5.74) is 0.